The van der Waals surface area contributed by atoms with E-state index in [-0.39, 0.29) is 6.29 Å². The third-order valence-electron chi connectivity index (χ3n) is 6.11. The summed E-state index contributed by atoms with van der Waals surface area (Å²) in [5.74, 6) is 0. The van der Waals surface area contributed by atoms with Crippen molar-refractivity contribution in [3.8, 4) is 0 Å². The molecular formula is C30H60O4. The van der Waals surface area contributed by atoms with E-state index in [0.717, 1.165) is 39.1 Å². The van der Waals surface area contributed by atoms with Gasteiger partial charge in [0.1, 0.15) is 0 Å². The van der Waals surface area contributed by atoms with Crippen molar-refractivity contribution in [1.82, 2.24) is 0 Å². The van der Waals surface area contributed by atoms with Gasteiger partial charge < -0.3 is 18.9 Å². The van der Waals surface area contributed by atoms with Crippen LogP contribution in [0.1, 0.15) is 149 Å². The van der Waals surface area contributed by atoms with E-state index in [9.17, 15) is 0 Å². The Morgan fingerprint density at radius 3 is 1.65 bits per heavy atom. The summed E-state index contributed by atoms with van der Waals surface area (Å²) in [7, 11) is 0. The van der Waals surface area contributed by atoms with Gasteiger partial charge in [0.25, 0.3) is 0 Å². The van der Waals surface area contributed by atoms with Gasteiger partial charge in [-0.15, -0.1) is 0 Å². The summed E-state index contributed by atoms with van der Waals surface area (Å²) in [6, 6.07) is 0. The topological polar surface area (TPSA) is 36.9 Å². The largest absolute Gasteiger partial charge is 0.475 e. The molecule has 0 aliphatic carbocycles. The maximum absolute atomic E-state index is 6.12. The van der Waals surface area contributed by atoms with Gasteiger partial charge in [0.15, 0.2) is 13.1 Å². The highest BCUT2D eigenvalue weighted by atomic mass is 16.7. The minimum absolute atomic E-state index is 0.0127. The molecule has 0 aromatic carbocycles. The molecule has 0 radical (unpaired) electrons. The van der Waals surface area contributed by atoms with Crippen molar-refractivity contribution in [3.05, 3.63) is 12.3 Å². The number of hydrogen-bond donors (Lipinski definition) is 0. The second-order valence-electron chi connectivity index (χ2n) is 9.62. The van der Waals surface area contributed by atoms with Crippen LogP contribution in [0.5, 0.6) is 0 Å². The minimum atomic E-state index is 0.0127. The van der Waals surface area contributed by atoms with E-state index in [1.54, 1.807) is 6.26 Å². The van der Waals surface area contributed by atoms with Crippen molar-refractivity contribution < 1.29 is 18.9 Å². The maximum atomic E-state index is 6.12. The first-order valence-corrected chi connectivity index (χ1v) is 14.9. The summed E-state index contributed by atoms with van der Waals surface area (Å²) < 4.78 is 22.8. The smallest absolute Gasteiger partial charge is 0.188 e. The van der Waals surface area contributed by atoms with Crippen LogP contribution in [0.15, 0.2) is 12.3 Å². The Morgan fingerprint density at radius 1 is 0.529 bits per heavy atom. The average molecular weight is 485 g/mol. The minimum Gasteiger partial charge on any atom is -0.475 e. The SMILES string of the molecule is CCCCCCCOC(CCCCCCCCCC=COCOCCC)OCCCCCCC. The van der Waals surface area contributed by atoms with Gasteiger partial charge in [0.05, 0.1) is 12.9 Å². The van der Waals surface area contributed by atoms with Crippen molar-refractivity contribution in [2.45, 2.75) is 155 Å². The van der Waals surface area contributed by atoms with Crippen LogP contribution in [-0.2, 0) is 18.9 Å². The van der Waals surface area contributed by atoms with Gasteiger partial charge in [-0.1, -0.05) is 104 Å². The van der Waals surface area contributed by atoms with Crippen LogP contribution in [-0.4, -0.2) is 32.9 Å². The number of rotatable bonds is 29. The van der Waals surface area contributed by atoms with E-state index in [1.807, 2.05) is 0 Å². The summed E-state index contributed by atoms with van der Waals surface area (Å²) in [5.41, 5.74) is 0. The maximum Gasteiger partial charge on any atom is 0.188 e. The number of unbranched alkanes of at least 4 members (excludes halogenated alkanes) is 15. The molecule has 0 N–H and O–H groups in total. The highest BCUT2D eigenvalue weighted by Gasteiger charge is 2.09. The van der Waals surface area contributed by atoms with E-state index < -0.39 is 0 Å². The normalized spacial score (nSPS) is 11.8. The average Bonchev–Trinajstić information content (AvgIpc) is 2.85. The van der Waals surface area contributed by atoms with Crippen LogP contribution < -0.4 is 0 Å². The summed E-state index contributed by atoms with van der Waals surface area (Å²) in [4.78, 5) is 0. The molecule has 0 saturated heterocycles. The molecule has 0 rings (SSSR count). The molecule has 0 aromatic heterocycles. The first-order valence-electron chi connectivity index (χ1n) is 14.9. The molecule has 0 spiro atoms. The lowest BCUT2D eigenvalue weighted by Crippen LogP contribution is -2.19. The van der Waals surface area contributed by atoms with Crippen LogP contribution in [0.3, 0.4) is 0 Å². The molecule has 0 unspecified atom stereocenters. The van der Waals surface area contributed by atoms with Crippen molar-refractivity contribution in [3.63, 3.8) is 0 Å². The Labute approximate surface area is 213 Å². The predicted molar refractivity (Wildman–Crippen MR) is 146 cm³/mol. The van der Waals surface area contributed by atoms with Crippen LogP contribution >= 0.6 is 0 Å². The van der Waals surface area contributed by atoms with Gasteiger partial charge >= 0.3 is 0 Å². The summed E-state index contributed by atoms with van der Waals surface area (Å²) >= 11 is 0. The molecule has 0 aliphatic rings. The highest BCUT2D eigenvalue weighted by molar-refractivity contribution is 4.72. The van der Waals surface area contributed by atoms with Gasteiger partial charge in [0.2, 0.25) is 0 Å². The molecule has 0 amide bonds. The zero-order valence-corrected chi connectivity index (χ0v) is 23.3. The molecule has 0 aromatic rings. The van der Waals surface area contributed by atoms with Gasteiger partial charge in [-0.05, 0) is 51.0 Å². The Hall–Kier alpha value is -0.580. The Bertz CT molecular complexity index is 370. The molecule has 0 heterocycles. The molecule has 0 bridgehead atoms. The van der Waals surface area contributed by atoms with Crippen LogP contribution in [0.4, 0.5) is 0 Å². The highest BCUT2D eigenvalue weighted by Crippen LogP contribution is 2.14. The van der Waals surface area contributed by atoms with Crippen molar-refractivity contribution in [2.24, 2.45) is 0 Å². The molecule has 4 heteroatoms. The number of ether oxygens (including phenoxy) is 4. The summed E-state index contributed by atoms with van der Waals surface area (Å²) in [5, 5.41) is 0. The lowest BCUT2D eigenvalue weighted by molar-refractivity contribution is -0.148. The molecule has 34 heavy (non-hydrogen) atoms. The lowest BCUT2D eigenvalue weighted by Gasteiger charge is -2.19. The van der Waals surface area contributed by atoms with Gasteiger partial charge in [-0.3, -0.25) is 0 Å². The monoisotopic (exact) mass is 484 g/mol. The van der Waals surface area contributed by atoms with Crippen LogP contribution in [0, 0.1) is 0 Å². The molecule has 0 atom stereocenters. The zero-order chi connectivity index (χ0) is 24.8. The Morgan fingerprint density at radius 2 is 1.06 bits per heavy atom. The van der Waals surface area contributed by atoms with Crippen molar-refractivity contribution in [2.75, 3.05) is 26.6 Å². The zero-order valence-electron chi connectivity index (χ0n) is 23.3. The fourth-order valence-electron chi connectivity index (χ4n) is 3.94. The second kappa shape index (κ2) is 30.5. The number of hydrogen-bond acceptors (Lipinski definition) is 4. The second-order valence-corrected chi connectivity index (χ2v) is 9.62. The fourth-order valence-corrected chi connectivity index (χ4v) is 3.94. The third kappa shape index (κ3) is 27.7. The predicted octanol–water partition coefficient (Wildman–Crippen LogP) is 9.71. The molecule has 0 saturated carbocycles. The third-order valence-corrected chi connectivity index (χ3v) is 6.11. The van der Waals surface area contributed by atoms with Crippen molar-refractivity contribution in [1.29, 1.82) is 0 Å². The van der Waals surface area contributed by atoms with Crippen molar-refractivity contribution >= 4 is 0 Å². The molecule has 204 valence electrons. The van der Waals surface area contributed by atoms with Gasteiger partial charge in [-0.25, -0.2) is 0 Å². The summed E-state index contributed by atoms with van der Waals surface area (Å²) in [6.07, 6.45) is 29.0. The Balaban J connectivity index is 3.70. The fraction of sp³-hybridized carbons (Fsp3) is 0.933. The van der Waals surface area contributed by atoms with E-state index in [0.29, 0.717) is 6.79 Å². The van der Waals surface area contributed by atoms with Gasteiger partial charge in [-0.2, -0.15) is 0 Å². The molecule has 0 fully saturated rings. The van der Waals surface area contributed by atoms with E-state index in [4.69, 9.17) is 18.9 Å². The first-order chi connectivity index (χ1) is 16.8. The summed E-state index contributed by atoms with van der Waals surface area (Å²) in [6.45, 7) is 9.49. The molecule has 0 aliphatic heterocycles. The van der Waals surface area contributed by atoms with E-state index >= 15 is 0 Å². The van der Waals surface area contributed by atoms with Crippen LogP contribution in [0.25, 0.3) is 0 Å². The molecular weight excluding hydrogens is 424 g/mol. The molecule has 4 nitrogen and oxygen atoms in total. The van der Waals surface area contributed by atoms with E-state index in [1.165, 1.54) is 109 Å². The lowest BCUT2D eigenvalue weighted by atomic mass is 10.1. The standard InChI is InChI=1S/C30H60O4/c1-4-7-9-17-22-27-33-30(34-28-23-18-10-8-5-2)24-20-16-14-12-11-13-15-19-21-26-32-29-31-25-6-3/h21,26,30H,4-20,22-25,27-29H2,1-3H3. The quantitative estimate of drug-likeness (QED) is 0.0601. The first kappa shape index (κ1) is 33.4. The van der Waals surface area contributed by atoms with Crippen LogP contribution in [0.2, 0.25) is 0 Å². The van der Waals surface area contributed by atoms with Gasteiger partial charge in [0, 0.05) is 13.2 Å². The Kier molecular flexibility index (Phi) is 29.9. The number of allylic oxidation sites excluding steroid dienone is 1. The van der Waals surface area contributed by atoms with E-state index in [2.05, 4.69) is 26.8 Å².